The minimum atomic E-state index is -4.76. The summed E-state index contributed by atoms with van der Waals surface area (Å²) in [6, 6.07) is 12.8. The van der Waals surface area contributed by atoms with Crippen LogP contribution in [0, 0.1) is 5.41 Å². The number of halogens is 3. The predicted octanol–water partition coefficient (Wildman–Crippen LogP) is 4.33. The largest absolute Gasteiger partial charge is 0.573 e. The van der Waals surface area contributed by atoms with E-state index in [1.54, 1.807) is 0 Å². The standard InChI is InChI=1S/C24H28F3NO4/c1-22(15-28(2)16-22)23(29,18-5-9-21(10-6-18)32-24(25,26)27)17-3-7-19(8-4-17)31-20-11-13-30-14-12-20/h3-10,20,29H,11-16H2,1-2H3. The molecule has 8 heteroatoms. The Morgan fingerprint density at radius 3 is 1.91 bits per heavy atom. The van der Waals surface area contributed by atoms with E-state index in [0.717, 1.165) is 12.8 Å². The summed E-state index contributed by atoms with van der Waals surface area (Å²) in [7, 11) is 1.97. The molecule has 2 fully saturated rings. The molecule has 0 radical (unpaired) electrons. The summed E-state index contributed by atoms with van der Waals surface area (Å²) < 4.78 is 53.0. The lowest BCUT2D eigenvalue weighted by Gasteiger charge is -2.56. The molecule has 174 valence electrons. The molecule has 2 aromatic carbocycles. The first-order valence-corrected chi connectivity index (χ1v) is 10.7. The second-order valence-electron chi connectivity index (χ2n) is 8.97. The highest BCUT2D eigenvalue weighted by Crippen LogP contribution is 2.50. The minimum Gasteiger partial charge on any atom is -0.490 e. The first-order valence-electron chi connectivity index (χ1n) is 10.7. The Hall–Kier alpha value is -2.29. The third-order valence-electron chi connectivity index (χ3n) is 6.36. The van der Waals surface area contributed by atoms with Gasteiger partial charge >= 0.3 is 6.36 Å². The minimum absolute atomic E-state index is 0.104. The van der Waals surface area contributed by atoms with Crippen molar-refractivity contribution in [2.75, 3.05) is 33.4 Å². The molecule has 0 aliphatic carbocycles. The van der Waals surface area contributed by atoms with Crippen molar-refractivity contribution in [1.29, 1.82) is 0 Å². The lowest BCUT2D eigenvalue weighted by atomic mass is 9.62. The van der Waals surface area contributed by atoms with E-state index < -0.39 is 17.4 Å². The summed E-state index contributed by atoms with van der Waals surface area (Å²) in [5, 5.41) is 12.0. The summed E-state index contributed by atoms with van der Waals surface area (Å²) in [6.45, 7) is 4.64. The molecule has 1 unspecified atom stereocenters. The molecule has 0 aromatic heterocycles. The molecule has 2 heterocycles. The zero-order chi connectivity index (χ0) is 23.0. The normalized spacial score (nSPS) is 21.4. The van der Waals surface area contributed by atoms with Crippen LogP contribution in [-0.4, -0.2) is 55.8 Å². The van der Waals surface area contributed by atoms with Crippen LogP contribution in [0.5, 0.6) is 11.5 Å². The number of likely N-dealkylation sites (tertiary alicyclic amines) is 1. The van der Waals surface area contributed by atoms with Crippen molar-refractivity contribution in [3.63, 3.8) is 0 Å². The fourth-order valence-corrected chi connectivity index (χ4v) is 4.90. The van der Waals surface area contributed by atoms with Gasteiger partial charge in [0.25, 0.3) is 0 Å². The molecule has 0 bridgehead atoms. The fraction of sp³-hybridized carbons (Fsp3) is 0.500. The van der Waals surface area contributed by atoms with E-state index in [1.165, 1.54) is 24.3 Å². The zero-order valence-electron chi connectivity index (χ0n) is 18.2. The van der Waals surface area contributed by atoms with E-state index in [1.807, 2.05) is 38.2 Å². The maximum absolute atomic E-state index is 12.5. The Morgan fingerprint density at radius 1 is 0.938 bits per heavy atom. The molecule has 2 saturated heterocycles. The Labute approximate surface area is 185 Å². The van der Waals surface area contributed by atoms with Gasteiger partial charge in [0.15, 0.2) is 0 Å². The third-order valence-corrected chi connectivity index (χ3v) is 6.36. The maximum Gasteiger partial charge on any atom is 0.573 e. The van der Waals surface area contributed by atoms with E-state index in [9.17, 15) is 18.3 Å². The van der Waals surface area contributed by atoms with E-state index in [0.29, 0.717) is 43.2 Å². The van der Waals surface area contributed by atoms with Crippen LogP contribution in [0.15, 0.2) is 48.5 Å². The average Bonchev–Trinajstić information content (AvgIpc) is 2.73. The van der Waals surface area contributed by atoms with Crippen molar-refractivity contribution in [3.05, 3.63) is 59.7 Å². The van der Waals surface area contributed by atoms with Crippen molar-refractivity contribution in [2.45, 2.75) is 37.8 Å². The smallest absolute Gasteiger partial charge is 0.490 e. The van der Waals surface area contributed by atoms with Crippen molar-refractivity contribution in [3.8, 4) is 11.5 Å². The molecule has 1 atom stereocenters. The SMILES string of the molecule is CN1CC(C)(C(O)(c2ccc(OC3CCOCC3)cc2)c2ccc(OC(F)(F)F)cc2)C1. The Bertz CT molecular complexity index is 904. The number of hydrogen-bond donors (Lipinski definition) is 1. The molecule has 32 heavy (non-hydrogen) atoms. The fourth-order valence-electron chi connectivity index (χ4n) is 4.90. The van der Waals surface area contributed by atoms with Crippen LogP contribution in [0.3, 0.4) is 0 Å². The molecule has 1 N–H and O–H groups in total. The van der Waals surface area contributed by atoms with Gasteiger partial charge in [-0.05, 0) is 42.4 Å². The zero-order valence-corrected chi connectivity index (χ0v) is 18.2. The molecule has 2 aromatic rings. The number of ether oxygens (including phenoxy) is 3. The van der Waals surface area contributed by atoms with Gasteiger partial charge in [0, 0.05) is 31.3 Å². The van der Waals surface area contributed by atoms with Crippen LogP contribution in [0.25, 0.3) is 0 Å². The Morgan fingerprint density at radius 2 is 1.44 bits per heavy atom. The van der Waals surface area contributed by atoms with Crippen LogP contribution >= 0.6 is 0 Å². The molecular formula is C24H28F3NO4. The number of rotatable bonds is 6. The summed E-state index contributed by atoms with van der Waals surface area (Å²) in [4.78, 5) is 2.09. The third kappa shape index (κ3) is 4.58. The number of nitrogens with zero attached hydrogens (tertiary/aromatic N) is 1. The Kier molecular flexibility index (Phi) is 6.13. The summed E-state index contributed by atoms with van der Waals surface area (Å²) in [5.41, 5.74) is -0.734. The lowest BCUT2D eigenvalue weighted by Crippen LogP contribution is -2.63. The molecule has 0 amide bonds. The number of benzene rings is 2. The molecule has 4 rings (SSSR count). The van der Waals surface area contributed by atoms with Crippen molar-refractivity contribution >= 4 is 0 Å². The van der Waals surface area contributed by atoms with E-state index in [2.05, 4.69) is 9.64 Å². The van der Waals surface area contributed by atoms with Crippen LogP contribution in [0.4, 0.5) is 13.2 Å². The monoisotopic (exact) mass is 451 g/mol. The highest BCUT2D eigenvalue weighted by atomic mass is 19.4. The van der Waals surface area contributed by atoms with Gasteiger partial charge in [0.05, 0.1) is 13.2 Å². The van der Waals surface area contributed by atoms with Gasteiger partial charge in [0.1, 0.15) is 23.2 Å². The topological polar surface area (TPSA) is 51.2 Å². The van der Waals surface area contributed by atoms with Crippen molar-refractivity contribution in [1.82, 2.24) is 4.90 Å². The van der Waals surface area contributed by atoms with E-state index in [-0.39, 0.29) is 11.9 Å². The summed E-state index contributed by atoms with van der Waals surface area (Å²) in [6.07, 6.45) is -2.99. The lowest BCUT2D eigenvalue weighted by molar-refractivity contribution is -0.274. The first kappa shape index (κ1) is 22.9. The summed E-state index contributed by atoms with van der Waals surface area (Å²) in [5.74, 6) is 0.396. The van der Waals surface area contributed by atoms with Gasteiger partial charge in [0.2, 0.25) is 0 Å². The quantitative estimate of drug-likeness (QED) is 0.709. The van der Waals surface area contributed by atoms with Crippen molar-refractivity contribution < 1.29 is 32.5 Å². The van der Waals surface area contributed by atoms with Crippen LogP contribution < -0.4 is 9.47 Å². The number of hydrogen-bond acceptors (Lipinski definition) is 5. The molecule has 0 spiro atoms. The maximum atomic E-state index is 12.5. The van der Waals surface area contributed by atoms with Gasteiger partial charge < -0.3 is 24.2 Å². The van der Waals surface area contributed by atoms with Gasteiger partial charge in [-0.25, -0.2) is 0 Å². The van der Waals surface area contributed by atoms with Gasteiger partial charge in [-0.2, -0.15) is 0 Å². The Balaban J connectivity index is 1.62. The van der Waals surface area contributed by atoms with Gasteiger partial charge in [-0.1, -0.05) is 31.2 Å². The molecule has 5 nitrogen and oxygen atoms in total. The second kappa shape index (κ2) is 8.57. The van der Waals surface area contributed by atoms with E-state index >= 15 is 0 Å². The highest BCUT2D eigenvalue weighted by molar-refractivity contribution is 5.44. The van der Waals surface area contributed by atoms with Crippen LogP contribution in [0.1, 0.15) is 30.9 Å². The molecule has 0 saturated carbocycles. The van der Waals surface area contributed by atoms with Crippen LogP contribution in [-0.2, 0) is 10.3 Å². The number of aliphatic hydroxyl groups is 1. The van der Waals surface area contributed by atoms with Gasteiger partial charge in [-0.3, -0.25) is 0 Å². The van der Waals surface area contributed by atoms with Gasteiger partial charge in [-0.15, -0.1) is 13.2 Å². The van der Waals surface area contributed by atoms with Crippen LogP contribution in [0.2, 0.25) is 0 Å². The molecular weight excluding hydrogens is 423 g/mol. The van der Waals surface area contributed by atoms with E-state index in [4.69, 9.17) is 9.47 Å². The van der Waals surface area contributed by atoms with Crippen molar-refractivity contribution in [2.24, 2.45) is 5.41 Å². The second-order valence-corrected chi connectivity index (χ2v) is 8.97. The molecule has 2 aliphatic rings. The highest BCUT2D eigenvalue weighted by Gasteiger charge is 2.55. The number of alkyl halides is 3. The molecule has 2 aliphatic heterocycles. The first-order chi connectivity index (χ1) is 15.1. The average molecular weight is 451 g/mol. The summed E-state index contributed by atoms with van der Waals surface area (Å²) >= 11 is 0. The predicted molar refractivity (Wildman–Crippen MR) is 113 cm³/mol.